The molecule has 0 aliphatic carbocycles. The van der Waals surface area contributed by atoms with Gasteiger partial charge in [0, 0.05) is 37.6 Å². The lowest BCUT2D eigenvalue weighted by Crippen LogP contribution is -2.46. The van der Waals surface area contributed by atoms with Crippen molar-refractivity contribution in [2.24, 2.45) is 0 Å². The van der Waals surface area contributed by atoms with Gasteiger partial charge in [0.15, 0.2) is 0 Å². The molecule has 0 bridgehead atoms. The van der Waals surface area contributed by atoms with Crippen LogP contribution in [0.2, 0.25) is 0 Å². The molecular formula is C27H37ClN4. The Bertz CT molecular complexity index is 975. The predicted molar refractivity (Wildman–Crippen MR) is 138 cm³/mol. The molecule has 0 N–H and O–H groups in total. The van der Waals surface area contributed by atoms with Crippen molar-refractivity contribution in [3.05, 3.63) is 77.1 Å². The van der Waals surface area contributed by atoms with E-state index in [1.165, 1.54) is 40.3 Å². The lowest BCUT2D eigenvalue weighted by molar-refractivity contribution is 0.254. The minimum absolute atomic E-state index is 0. The SMILES string of the molecule is CCCc1cc(CCCN2CCN(c3ccc(C)c(C)c3)CC2)n(-c2ccccc2)n1.Cl. The number of rotatable bonds is 8. The number of halogens is 1. The fraction of sp³-hybridized carbons (Fsp3) is 0.444. The number of hydrogen-bond acceptors (Lipinski definition) is 3. The van der Waals surface area contributed by atoms with Crippen molar-refractivity contribution >= 4 is 18.1 Å². The number of aromatic nitrogens is 2. The number of piperazine rings is 1. The summed E-state index contributed by atoms with van der Waals surface area (Å²) in [7, 11) is 0. The van der Waals surface area contributed by atoms with Gasteiger partial charge in [-0.1, -0.05) is 37.6 Å². The molecule has 32 heavy (non-hydrogen) atoms. The smallest absolute Gasteiger partial charge is 0.0648 e. The minimum atomic E-state index is 0. The van der Waals surface area contributed by atoms with E-state index in [2.05, 4.69) is 89.9 Å². The highest BCUT2D eigenvalue weighted by Gasteiger charge is 2.18. The lowest BCUT2D eigenvalue weighted by Gasteiger charge is -2.36. The van der Waals surface area contributed by atoms with Crippen molar-refractivity contribution in [2.45, 2.75) is 46.5 Å². The van der Waals surface area contributed by atoms with Crippen molar-refractivity contribution < 1.29 is 0 Å². The third-order valence-electron chi connectivity index (χ3n) is 6.48. The highest BCUT2D eigenvalue weighted by molar-refractivity contribution is 5.85. The fourth-order valence-corrected chi connectivity index (χ4v) is 4.46. The molecule has 2 aromatic carbocycles. The normalized spacial score (nSPS) is 14.4. The lowest BCUT2D eigenvalue weighted by atomic mass is 10.1. The van der Waals surface area contributed by atoms with E-state index in [0.717, 1.165) is 52.0 Å². The first-order valence-electron chi connectivity index (χ1n) is 11.8. The molecule has 0 atom stereocenters. The van der Waals surface area contributed by atoms with Gasteiger partial charge in [-0.15, -0.1) is 12.4 Å². The van der Waals surface area contributed by atoms with Crippen LogP contribution < -0.4 is 4.90 Å². The first kappa shape index (κ1) is 24.3. The van der Waals surface area contributed by atoms with Gasteiger partial charge in [0.25, 0.3) is 0 Å². The van der Waals surface area contributed by atoms with E-state index in [1.54, 1.807) is 0 Å². The van der Waals surface area contributed by atoms with Crippen LogP contribution in [0.1, 0.15) is 42.3 Å². The summed E-state index contributed by atoms with van der Waals surface area (Å²) in [6.45, 7) is 12.3. The van der Waals surface area contributed by atoms with Gasteiger partial charge in [-0.3, -0.25) is 4.90 Å². The van der Waals surface area contributed by atoms with Gasteiger partial charge in [0.1, 0.15) is 0 Å². The summed E-state index contributed by atoms with van der Waals surface area (Å²) in [6.07, 6.45) is 4.43. The number of para-hydroxylation sites is 1. The van der Waals surface area contributed by atoms with Crippen molar-refractivity contribution in [3.63, 3.8) is 0 Å². The van der Waals surface area contributed by atoms with Gasteiger partial charge in [-0.25, -0.2) is 4.68 Å². The van der Waals surface area contributed by atoms with Gasteiger partial charge in [0.2, 0.25) is 0 Å². The van der Waals surface area contributed by atoms with E-state index in [9.17, 15) is 0 Å². The maximum atomic E-state index is 4.89. The second-order valence-corrected chi connectivity index (χ2v) is 8.83. The van der Waals surface area contributed by atoms with Gasteiger partial charge in [0.05, 0.1) is 11.4 Å². The molecule has 5 heteroatoms. The molecule has 3 aromatic rings. The van der Waals surface area contributed by atoms with Crippen LogP contribution in [-0.4, -0.2) is 47.4 Å². The monoisotopic (exact) mass is 452 g/mol. The van der Waals surface area contributed by atoms with Crippen LogP contribution in [0.3, 0.4) is 0 Å². The zero-order chi connectivity index (χ0) is 21.6. The number of aryl methyl sites for hydroxylation is 4. The summed E-state index contributed by atoms with van der Waals surface area (Å²) >= 11 is 0. The first-order chi connectivity index (χ1) is 15.1. The second-order valence-electron chi connectivity index (χ2n) is 8.83. The zero-order valence-electron chi connectivity index (χ0n) is 19.8. The van der Waals surface area contributed by atoms with Crippen molar-refractivity contribution in [1.29, 1.82) is 0 Å². The molecule has 0 radical (unpaired) electrons. The number of anilines is 1. The van der Waals surface area contributed by atoms with Crippen LogP contribution in [0, 0.1) is 13.8 Å². The highest BCUT2D eigenvalue weighted by atomic mass is 35.5. The molecule has 172 valence electrons. The Morgan fingerprint density at radius 2 is 1.56 bits per heavy atom. The Labute approximate surface area is 199 Å². The Balaban J connectivity index is 0.00000289. The summed E-state index contributed by atoms with van der Waals surface area (Å²) in [5.74, 6) is 0. The molecular weight excluding hydrogens is 416 g/mol. The first-order valence-corrected chi connectivity index (χ1v) is 11.8. The van der Waals surface area contributed by atoms with E-state index < -0.39 is 0 Å². The van der Waals surface area contributed by atoms with Crippen molar-refractivity contribution in [3.8, 4) is 5.69 Å². The molecule has 1 fully saturated rings. The Hall–Kier alpha value is -2.30. The summed E-state index contributed by atoms with van der Waals surface area (Å²) in [4.78, 5) is 5.15. The third kappa shape index (κ3) is 5.93. The fourth-order valence-electron chi connectivity index (χ4n) is 4.46. The van der Waals surface area contributed by atoms with Crippen molar-refractivity contribution in [2.75, 3.05) is 37.6 Å². The van der Waals surface area contributed by atoms with Gasteiger partial charge < -0.3 is 4.90 Å². The highest BCUT2D eigenvalue weighted by Crippen LogP contribution is 2.21. The van der Waals surface area contributed by atoms with Crippen molar-refractivity contribution in [1.82, 2.24) is 14.7 Å². The zero-order valence-corrected chi connectivity index (χ0v) is 20.6. The summed E-state index contributed by atoms with van der Waals surface area (Å²) in [5.41, 5.74) is 7.85. The molecule has 0 unspecified atom stereocenters. The standard InChI is InChI=1S/C27H36N4.ClH/c1-4-9-24-21-27(31(28-24)25-10-6-5-7-11-25)12-8-15-29-16-18-30(19-17-29)26-14-13-22(2)23(3)20-26;/h5-7,10-11,13-14,20-21H,4,8-9,12,15-19H2,1-3H3;1H. The maximum Gasteiger partial charge on any atom is 0.0648 e. The minimum Gasteiger partial charge on any atom is -0.369 e. The van der Waals surface area contributed by atoms with Gasteiger partial charge in [-0.05, 0) is 81.1 Å². The van der Waals surface area contributed by atoms with Gasteiger partial charge in [-0.2, -0.15) is 5.10 Å². The van der Waals surface area contributed by atoms with Crippen LogP contribution in [0.4, 0.5) is 5.69 Å². The van der Waals surface area contributed by atoms with Crippen LogP contribution >= 0.6 is 12.4 Å². The van der Waals surface area contributed by atoms with E-state index in [1.807, 2.05) is 0 Å². The van der Waals surface area contributed by atoms with E-state index in [-0.39, 0.29) is 12.4 Å². The molecule has 0 amide bonds. The molecule has 0 spiro atoms. The molecule has 4 rings (SSSR count). The molecule has 1 aliphatic heterocycles. The largest absolute Gasteiger partial charge is 0.369 e. The third-order valence-corrected chi connectivity index (χ3v) is 6.48. The van der Waals surface area contributed by atoms with Crippen LogP contribution in [0.5, 0.6) is 0 Å². The van der Waals surface area contributed by atoms with Crippen LogP contribution in [0.15, 0.2) is 54.6 Å². The number of benzene rings is 2. The Morgan fingerprint density at radius 3 is 2.25 bits per heavy atom. The second kappa shape index (κ2) is 11.5. The molecule has 1 aliphatic rings. The summed E-state index contributed by atoms with van der Waals surface area (Å²) in [5, 5.41) is 4.89. The average Bonchev–Trinajstić information content (AvgIpc) is 3.20. The summed E-state index contributed by atoms with van der Waals surface area (Å²) in [6, 6.07) is 19.7. The Kier molecular flexibility index (Phi) is 8.77. The van der Waals surface area contributed by atoms with E-state index >= 15 is 0 Å². The quantitative estimate of drug-likeness (QED) is 0.443. The average molecular weight is 453 g/mol. The summed E-state index contributed by atoms with van der Waals surface area (Å²) < 4.78 is 2.16. The molecule has 1 aromatic heterocycles. The van der Waals surface area contributed by atoms with Crippen LogP contribution in [0.25, 0.3) is 5.69 Å². The predicted octanol–water partition coefficient (Wildman–Crippen LogP) is 5.62. The molecule has 0 saturated carbocycles. The van der Waals surface area contributed by atoms with Gasteiger partial charge >= 0.3 is 0 Å². The topological polar surface area (TPSA) is 24.3 Å². The number of hydrogen-bond donors (Lipinski definition) is 0. The molecule has 1 saturated heterocycles. The van der Waals surface area contributed by atoms with Crippen LogP contribution in [-0.2, 0) is 12.8 Å². The molecule has 2 heterocycles. The Morgan fingerprint density at radius 1 is 0.812 bits per heavy atom. The van der Waals surface area contributed by atoms with E-state index in [0.29, 0.717) is 0 Å². The van der Waals surface area contributed by atoms with E-state index in [4.69, 9.17) is 5.10 Å². The number of nitrogens with zero attached hydrogens (tertiary/aromatic N) is 4. The molecule has 4 nitrogen and oxygen atoms in total. The maximum absolute atomic E-state index is 4.89.